The fourth-order valence-corrected chi connectivity index (χ4v) is 3.21. The van der Waals surface area contributed by atoms with Gasteiger partial charge in [0.25, 0.3) is 5.91 Å². The van der Waals surface area contributed by atoms with Gasteiger partial charge in [0.05, 0.1) is 6.04 Å². The Hall–Kier alpha value is -1.09. The van der Waals surface area contributed by atoms with Crippen molar-refractivity contribution in [2.75, 3.05) is 0 Å². The number of hydrogen-bond acceptors (Lipinski definition) is 1. The number of halogens is 1. The van der Waals surface area contributed by atoms with E-state index >= 15 is 0 Å². The maximum atomic E-state index is 12.5. The summed E-state index contributed by atoms with van der Waals surface area (Å²) in [6.07, 6.45) is 7.65. The fourth-order valence-electron chi connectivity index (χ4n) is 2.81. The molecule has 17 heavy (non-hydrogen) atoms. The van der Waals surface area contributed by atoms with Crippen LogP contribution < -0.4 is 0 Å². The van der Waals surface area contributed by atoms with Crippen molar-refractivity contribution in [2.24, 2.45) is 0 Å². The van der Waals surface area contributed by atoms with E-state index < -0.39 is 0 Å². The van der Waals surface area contributed by atoms with Crippen LogP contribution in [0.15, 0.2) is 40.9 Å². The highest BCUT2D eigenvalue weighted by Crippen LogP contribution is 2.32. The van der Waals surface area contributed by atoms with Crippen LogP contribution in [0, 0.1) is 0 Å². The lowest BCUT2D eigenvalue weighted by Crippen LogP contribution is -2.42. The molecule has 1 aromatic rings. The first kappa shape index (κ1) is 11.0. The molecule has 1 fully saturated rings. The Morgan fingerprint density at radius 3 is 3.00 bits per heavy atom. The maximum Gasteiger partial charge on any atom is 0.254 e. The summed E-state index contributed by atoms with van der Waals surface area (Å²) in [6, 6.07) is 8.39. The molecule has 1 aromatic carbocycles. The second-order valence-corrected chi connectivity index (χ2v) is 5.60. The largest absolute Gasteiger partial charge is 0.329 e. The molecule has 2 aliphatic heterocycles. The minimum Gasteiger partial charge on any atom is -0.329 e. The van der Waals surface area contributed by atoms with Crippen molar-refractivity contribution in [3.63, 3.8) is 0 Å². The highest BCUT2D eigenvalue weighted by molar-refractivity contribution is 9.10. The van der Waals surface area contributed by atoms with Gasteiger partial charge in [-0.2, -0.15) is 0 Å². The average Bonchev–Trinajstić information content (AvgIpc) is 2.58. The number of fused-ring (bicyclic) bond motifs is 2. The van der Waals surface area contributed by atoms with Crippen molar-refractivity contribution >= 4 is 21.8 Å². The van der Waals surface area contributed by atoms with Crippen molar-refractivity contribution < 1.29 is 4.79 Å². The number of hydrogen-bond donors (Lipinski definition) is 0. The number of nitrogens with zero attached hydrogens (tertiary/aromatic N) is 1. The third kappa shape index (κ3) is 1.93. The van der Waals surface area contributed by atoms with Gasteiger partial charge in [0.2, 0.25) is 0 Å². The summed E-state index contributed by atoms with van der Waals surface area (Å²) in [5, 5.41) is 0. The summed E-state index contributed by atoms with van der Waals surface area (Å²) >= 11 is 3.42. The zero-order chi connectivity index (χ0) is 11.8. The van der Waals surface area contributed by atoms with Gasteiger partial charge in [0.15, 0.2) is 0 Å². The Morgan fingerprint density at radius 2 is 2.24 bits per heavy atom. The van der Waals surface area contributed by atoms with Crippen LogP contribution in [0.5, 0.6) is 0 Å². The van der Waals surface area contributed by atoms with Crippen LogP contribution in [-0.2, 0) is 0 Å². The molecule has 0 saturated carbocycles. The number of rotatable bonds is 1. The predicted molar refractivity (Wildman–Crippen MR) is 70.9 cm³/mol. The number of amides is 1. The maximum absolute atomic E-state index is 12.5. The quantitative estimate of drug-likeness (QED) is 0.727. The molecular formula is C14H14BrNO. The van der Waals surface area contributed by atoms with Gasteiger partial charge in [-0.3, -0.25) is 4.79 Å². The third-order valence-corrected chi connectivity index (χ3v) is 4.11. The molecule has 2 unspecified atom stereocenters. The normalized spacial score (nSPS) is 26.3. The lowest BCUT2D eigenvalue weighted by Gasteiger charge is -2.31. The molecule has 0 spiro atoms. The molecule has 2 atom stereocenters. The van der Waals surface area contributed by atoms with Gasteiger partial charge in [-0.15, -0.1) is 0 Å². The molecule has 0 aromatic heterocycles. The highest BCUT2D eigenvalue weighted by Gasteiger charge is 2.37. The average molecular weight is 292 g/mol. The molecule has 2 nitrogen and oxygen atoms in total. The van der Waals surface area contributed by atoms with Crippen LogP contribution in [0.3, 0.4) is 0 Å². The van der Waals surface area contributed by atoms with Gasteiger partial charge in [-0.05, 0) is 37.5 Å². The molecule has 1 saturated heterocycles. The van der Waals surface area contributed by atoms with Crippen LogP contribution >= 0.6 is 15.9 Å². The SMILES string of the molecule is O=C(c1cccc(Br)c1)N1C2C=CCC1CC2. The van der Waals surface area contributed by atoms with Crippen molar-refractivity contribution in [1.82, 2.24) is 4.90 Å². The van der Waals surface area contributed by atoms with Crippen LogP contribution in [-0.4, -0.2) is 22.9 Å². The summed E-state index contributed by atoms with van der Waals surface area (Å²) in [5.74, 6) is 0.170. The second kappa shape index (κ2) is 4.30. The lowest BCUT2D eigenvalue weighted by molar-refractivity contribution is 0.0689. The summed E-state index contributed by atoms with van der Waals surface area (Å²) in [4.78, 5) is 14.5. The van der Waals surface area contributed by atoms with Crippen molar-refractivity contribution in [1.29, 1.82) is 0 Å². The zero-order valence-electron chi connectivity index (χ0n) is 9.47. The van der Waals surface area contributed by atoms with E-state index in [0.29, 0.717) is 12.1 Å². The zero-order valence-corrected chi connectivity index (χ0v) is 11.1. The fraction of sp³-hybridized carbons (Fsp3) is 0.357. The van der Waals surface area contributed by atoms with Crippen LogP contribution in [0.4, 0.5) is 0 Å². The Kier molecular flexibility index (Phi) is 2.79. The van der Waals surface area contributed by atoms with Gasteiger partial charge < -0.3 is 4.90 Å². The lowest BCUT2D eigenvalue weighted by atomic mass is 10.1. The van der Waals surface area contributed by atoms with E-state index in [9.17, 15) is 4.79 Å². The number of carbonyl (C=O) groups is 1. The summed E-state index contributed by atoms with van der Waals surface area (Å²) < 4.78 is 0.961. The van der Waals surface area contributed by atoms with Crippen molar-refractivity contribution in [3.05, 3.63) is 46.5 Å². The summed E-state index contributed by atoms with van der Waals surface area (Å²) in [6.45, 7) is 0. The van der Waals surface area contributed by atoms with Crippen LogP contribution in [0.25, 0.3) is 0 Å². The van der Waals surface area contributed by atoms with E-state index in [-0.39, 0.29) is 5.91 Å². The van der Waals surface area contributed by atoms with E-state index in [0.717, 1.165) is 29.3 Å². The minimum atomic E-state index is 0.170. The Balaban J connectivity index is 1.90. The number of benzene rings is 1. The smallest absolute Gasteiger partial charge is 0.254 e. The van der Waals surface area contributed by atoms with E-state index in [1.54, 1.807) is 0 Å². The van der Waals surface area contributed by atoms with Gasteiger partial charge >= 0.3 is 0 Å². The molecule has 3 rings (SSSR count). The molecule has 2 aliphatic rings. The molecule has 0 radical (unpaired) electrons. The molecule has 3 heteroatoms. The second-order valence-electron chi connectivity index (χ2n) is 4.69. The van der Waals surface area contributed by atoms with Crippen LogP contribution in [0.1, 0.15) is 29.6 Å². The van der Waals surface area contributed by atoms with Crippen LogP contribution in [0.2, 0.25) is 0 Å². The van der Waals surface area contributed by atoms with Gasteiger partial charge in [-0.25, -0.2) is 0 Å². The molecule has 88 valence electrons. The van der Waals surface area contributed by atoms with Gasteiger partial charge in [0, 0.05) is 16.1 Å². The summed E-state index contributed by atoms with van der Waals surface area (Å²) in [5.41, 5.74) is 0.784. The highest BCUT2D eigenvalue weighted by atomic mass is 79.9. The van der Waals surface area contributed by atoms with E-state index in [1.165, 1.54) is 0 Å². The van der Waals surface area contributed by atoms with Gasteiger partial charge in [0.1, 0.15) is 0 Å². The topological polar surface area (TPSA) is 20.3 Å². The first-order valence-electron chi connectivity index (χ1n) is 6.00. The minimum absolute atomic E-state index is 0.170. The standard InChI is InChI=1S/C14H14BrNO/c15-11-4-1-3-10(9-11)14(17)16-12-5-2-6-13(16)8-7-12/h1-5,9,12-13H,6-8H2. The third-order valence-electron chi connectivity index (χ3n) is 3.62. The number of carbonyl (C=O) groups excluding carboxylic acids is 1. The first-order valence-corrected chi connectivity index (χ1v) is 6.80. The van der Waals surface area contributed by atoms with E-state index in [4.69, 9.17) is 0 Å². The monoisotopic (exact) mass is 291 g/mol. The van der Waals surface area contributed by atoms with E-state index in [1.807, 2.05) is 24.3 Å². The Morgan fingerprint density at radius 1 is 1.35 bits per heavy atom. The Labute approximate surface area is 109 Å². The molecule has 2 bridgehead atoms. The first-order chi connectivity index (χ1) is 8.25. The molecule has 2 heterocycles. The predicted octanol–water partition coefficient (Wildman–Crippen LogP) is 3.38. The Bertz CT molecular complexity index is 483. The van der Waals surface area contributed by atoms with E-state index in [2.05, 4.69) is 33.0 Å². The molecule has 0 aliphatic carbocycles. The van der Waals surface area contributed by atoms with Crippen molar-refractivity contribution in [2.45, 2.75) is 31.3 Å². The summed E-state index contributed by atoms with van der Waals surface area (Å²) in [7, 11) is 0. The molecule has 1 amide bonds. The van der Waals surface area contributed by atoms with Gasteiger partial charge in [-0.1, -0.05) is 34.1 Å². The molecule has 0 N–H and O–H groups in total. The van der Waals surface area contributed by atoms with Crippen molar-refractivity contribution in [3.8, 4) is 0 Å². The molecular weight excluding hydrogens is 278 g/mol.